The van der Waals surface area contributed by atoms with Crippen molar-refractivity contribution in [3.05, 3.63) is 71.5 Å². The van der Waals surface area contributed by atoms with Crippen molar-refractivity contribution < 1.29 is 9.18 Å². The van der Waals surface area contributed by atoms with E-state index in [1.807, 2.05) is 30.3 Å². The fourth-order valence-electron chi connectivity index (χ4n) is 2.99. The van der Waals surface area contributed by atoms with Crippen LogP contribution in [0.3, 0.4) is 0 Å². The number of halogens is 1. The van der Waals surface area contributed by atoms with Gasteiger partial charge in [-0.3, -0.25) is 9.69 Å². The smallest absolute Gasteiger partial charge is 0.171 e. The number of benzene rings is 2. The first-order valence-electron chi connectivity index (χ1n) is 8.02. The highest BCUT2D eigenvalue weighted by atomic mass is 19.1. The van der Waals surface area contributed by atoms with E-state index in [1.165, 1.54) is 12.1 Å². The van der Waals surface area contributed by atoms with Crippen LogP contribution in [0, 0.1) is 5.82 Å². The number of hydrogen-bond acceptors (Lipinski definition) is 3. The van der Waals surface area contributed by atoms with Gasteiger partial charge in [-0.25, -0.2) is 4.39 Å². The number of carbonyl (C=O) groups is 1. The highest BCUT2D eigenvalue weighted by molar-refractivity contribution is 6.01. The van der Waals surface area contributed by atoms with E-state index in [1.54, 1.807) is 12.1 Å². The predicted octanol–water partition coefficient (Wildman–Crippen LogP) is 2.70. The van der Waals surface area contributed by atoms with Crippen LogP contribution < -0.4 is 5.32 Å². The van der Waals surface area contributed by atoms with E-state index in [0.717, 1.165) is 31.7 Å². The Kier molecular flexibility index (Phi) is 5.16. The standard InChI is InChI=1S/C19H21FN2O/c20-17-8-6-16(7-9-17)19(23)18(15-4-2-1-3-5-15)14-22-12-10-21-11-13-22/h1-9,18,21H,10-14H2/t18-/m1/s1. The number of nitrogens with one attached hydrogen (secondary N) is 1. The third-order valence-electron chi connectivity index (χ3n) is 4.30. The number of carbonyl (C=O) groups excluding carboxylic acids is 1. The number of Topliss-reactive ketones (excluding diaryl/α,β-unsaturated/α-hetero) is 1. The van der Waals surface area contributed by atoms with Crippen LogP contribution in [-0.2, 0) is 0 Å². The summed E-state index contributed by atoms with van der Waals surface area (Å²) in [6.45, 7) is 4.49. The Bertz CT molecular complexity index is 636. The minimum absolute atomic E-state index is 0.0507. The van der Waals surface area contributed by atoms with E-state index in [0.29, 0.717) is 12.1 Å². The van der Waals surface area contributed by atoms with E-state index >= 15 is 0 Å². The molecular weight excluding hydrogens is 291 g/mol. The molecule has 2 aromatic rings. The highest BCUT2D eigenvalue weighted by Gasteiger charge is 2.25. The number of rotatable bonds is 5. The number of nitrogens with zero attached hydrogens (tertiary/aromatic N) is 1. The summed E-state index contributed by atoms with van der Waals surface area (Å²) in [7, 11) is 0. The van der Waals surface area contributed by atoms with Crippen LogP contribution in [0.2, 0.25) is 0 Å². The summed E-state index contributed by atoms with van der Waals surface area (Å²) in [5, 5.41) is 3.33. The molecule has 3 rings (SSSR count). The van der Waals surface area contributed by atoms with Crippen LogP contribution in [0.5, 0.6) is 0 Å². The lowest BCUT2D eigenvalue weighted by Crippen LogP contribution is -2.45. The Balaban J connectivity index is 1.84. The van der Waals surface area contributed by atoms with Crippen molar-refractivity contribution in [3.63, 3.8) is 0 Å². The van der Waals surface area contributed by atoms with Crippen molar-refractivity contribution >= 4 is 5.78 Å². The molecule has 1 aliphatic heterocycles. The van der Waals surface area contributed by atoms with Crippen molar-refractivity contribution in [1.82, 2.24) is 10.2 Å². The molecule has 4 heteroatoms. The van der Waals surface area contributed by atoms with E-state index in [2.05, 4.69) is 10.2 Å². The molecule has 0 saturated carbocycles. The second-order valence-corrected chi connectivity index (χ2v) is 5.89. The lowest BCUT2D eigenvalue weighted by Gasteiger charge is -2.30. The molecule has 120 valence electrons. The van der Waals surface area contributed by atoms with Crippen LogP contribution >= 0.6 is 0 Å². The molecule has 0 unspecified atom stereocenters. The van der Waals surface area contributed by atoms with Crippen molar-refractivity contribution in [2.45, 2.75) is 5.92 Å². The van der Waals surface area contributed by atoms with E-state index in [-0.39, 0.29) is 17.5 Å². The third kappa shape index (κ3) is 4.03. The van der Waals surface area contributed by atoms with Gasteiger partial charge in [-0.15, -0.1) is 0 Å². The summed E-state index contributed by atoms with van der Waals surface area (Å²) >= 11 is 0. The van der Waals surface area contributed by atoms with Crippen LogP contribution in [0.15, 0.2) is 54.6 Å². The Morgan fingerprint density at radius 1 is 1.04 bits per heavy atom. The molecule has 0 aliphatic carbocycles. The molecule has 0 bridgehead atoms. The van der Waals surface area contributed by atoms with Gasteiger partial charge in [-0.2, -0.15) is 0 Å². The minimum Gasteiger partial charge on any atom is -0.314 e. The van der Waals surface area contributed by atoms with E-state index in [9.17, 15) is 9.18 Å². The Morgan fingerprint density at radius 3 is 2.35 bits per heavy atom. The van der Waals surface area contributed by atoms with Gasteiger partial charge in [-0.1, -0.05) is 30.3 Å². The summed E-state index contributed by atoms with van der Waals surface area (Å²) in [5.41, 5.74) is 1.58. The van der Waals surface area contributed by atoms with Gasteiger partial charge in [0.2, 0.25) is 0 Å². The molecule has 0 radical (unpaired) electrons. The summed E-state index contributed by atoms with van der Waals surface area (Å²) in [4.78, 5) is 15.3. The zero-order valence-electron chi connectivity index (χ0n) is 13.0. The lowest BCUT2D eigenvalue weighted by molar-refractivity contribution is 0.0928. The molecule has 1 aliphatic rings. The quantitative estimate of drug-likeness (QED) is 0.862. The number of hydrogen-bond donors (Lipinski definition) is 1. The predicted molar refractivity (Wildman–Crippen MR) is 89.2 cm³/mol. The van der Waals surface area contributed by atoms with Gasteiger partial charge >= 0.3 is 0 Å². The normalized spacial score (nSPS) is 16.9. The topological polar surface area (TPSA) is 32.3 Å². The summed E-state index contributed by atoms with van der Waals surface area (Å²) in [5.74, 6) is -0.491. The van der Waals surface area contributed by atoms with Crippen molar-refractivity contribution in [2.75, 3.05) is 32.7 Å². The first-order chi connectivity index (χ1) is 11.2. The van der Waals surface area contributed by atoms with Crippen LogP contribution in [0.4, 0.5) is 4.39 Å². The molecular formula is C19H21FN2O. The van der Waals surface area contributed by atoms with Crippen molar-refractivity contribution in [2.24, 2.45) is 0 Å². The minimum atomic E-state index is -0.320. The highest BCUT2D eigenvalue weighted by Crippen LogP contribution is 2.23. The zero-order valence-corrected chi connectivity index (χ0v) is 13.0. The molecule has 3 nitrogen and oxygen atoms in total. The van der Waals surface area contributed by atoms with Gasteiger partial charge in [0, 0.05) is 38.3 Å². The second-order valence-electron chi connectivity index (χ2n) is 5.89. The number of piperazine rings is 1. The average molecular weight is 312 g/mol. The van der Waals surface area contributed by atoms with Crippen LogP contribution in [-0.4, -0.2) is 43.4 Å². The maximum atomic E-state index is 13.1. The van der Waals surface area contributed by atoms with Gasteiger partial charge in [-0.05, 0) is 29.8 Å². The fourth-order valence-corrected chi connectivity index (χ4v) is 2.99. The van der Waals surface area contributed by atoms with Gasteiger partial charge in [0.1, 0.15) is 5.82 Å². The van der Waals surface area contributed by atoms with Crippen molar-refractivity contribution in [3.8, 4) is 0 Å². The van der Waals surface area contributed by atoms with Crippen LogP contribution in [0.1, 0.15) is 21.8 Å². The zero-order chi connectivity index (χ0) is 16.1. The first kappa shape index (κ1) is 15.8. The van der Waals surface area contributed by atoms with E-state index in [4.69, 9.17) is 0 Å². The largest absolute Gasteiger partial charge is 0.314 e. The summed E-state index contributed by atoms with van der Waals surface area (Å²) in [6.07, 6.45) is 0. The molecule has 23 heavy (non-hydrogen) atoms. The van der Waals surface area contributed by atoms with E-state index < -0.39 is 0 Å². The summed E-state index contributed by atoms with van der Waals surface area (Å²) in [6, 6.07) is 15.7. The third-order valence-corrected chi connectivity index (χ3v) is 4.30. The monoisotopic (exact) mass is 312 g/mol. The van der Waals surface area contributed by atoms with Gasteiger partial charge in [0.05, 0.1) is 5.92 Å². The molecule has 2 aromatic carbocycles. The molecule has 0 amide bonds. The van der Waals surface area contributed by atoms with Crippen molar-refractivity contribution in [1.29, 1.82) is 0 Å². The lowest BCUT2D eigenvalue weighted by atomic mass is 9.90. The molecule has 1 N–H and O–H groups in total. The molecule has 0 aromatic heterocycles. The maximum absolute atomic E-state index is 13.1. The van der Waals surface area contributed by atoms with Gasteiger partial charge in [0.25, 0.3) is 0 Å². The Hall–Kier alpha value is -2.04. The van der Waals surface area contributed by atoms with Crippen LogP contribution in [0.25, 0.3) is 0 Å². The Labute approximate surface area is 136 Å². The Morgan fingerprint density at radius 2 is 1.70 bits per heavy atom. The molecule has 1 saturated heterocycles. The maximum Gasteiger partial charge on any atom is 0.171 e. The number of ketones is 1. The van der Waals surface area contributed by atoms with Gasteiger partial charge in [0.15, 0.2) is 5.78 Å². The fraction of sp³-hybridized carbons (Fsp3) is 0.316. The summed E-state index contributed by atoms with van der Waals surface area (Å²) < 4.78 is 13.1. The molecule has 1 heterocycles. The SMILES string of the molecule is O=C(c1ccc(F)cc1)[C@H](CN1CCNCC1)c1ccccc1. The molecule has 1 atom stereocenters. The molecule has 1 fully saturated rings. The molecule has 0 spiro atoms. The first-order valence-corrected chi connectivity index (χ1v) is 8.02. The average Bonchev–Trinajstić information content (AvgIpc) is 2.61. The van der Waals surface area contributed by atoms with Gasteiger partial charge < -0.3 is 5.32 Å². The second kappa shape index (κ2) is 7.49.